The normalized spacial score (nSPS) is 12.5. The van der Waals surface area contributed by atoms with Crippen molar-refractivity contribution in [2.45, 2.75) is 6.23 Å². The molecule has 0 fully saturated rings. The molecule has 0 aliphatic heterocycles. The molecule has 86 valence electrons. The molecule has 0 rings (SSSR count). The maximum absolute atomic E-state index is 11.0. The van der Waals surface area contributed by atoms with Crippen LogP contribution >= 0.6 is 25.3 Å². The predicted octanol–water partition coefficient (Wildman–Crippen LogP) is -0.654. The summed E-state index contributed by atoms with van der Waals surface area (Å²) in [4.78, 5) is 21.9. The molecule has 0 heterocycles. The van der Waals surface area contributed by atoms with Crippen LogP contribution in [0.5, 0.6) is 0 Å². The van der Waals surface area contributed by atoms with E-state index in [4.69, 9.17) is 5.73 Å². The highest BCUT2D eigenvalue weighted by molar-refractivity contribution is 7.80. The molecular formula is C8H14N2O3S2. The second-order valence-electron chi connectivity index (χ2n) is 2.51. The summed E-state index contributed by atoms with van der Waals surface area (Å²) in [6.07, 6.45) is 1.33. The SMILES string of the molecule is NC(CS)OC(=O)/C=C\C(=O)NCCS. The smallest absolute Gasteiger partial charge is 0.332 e. The van der Waals surface area contributed by atoms with E-state index in [2.05, 4.69) is 35.3 Å². The van der Waals surface area contributed by atoms with Crippen molar-refractivity contribution in [3.8, 4) is 0 Å². The quantitative estimate of drug-likeness (QED) is 0.218. The van der Waals surface area contributed by atoms with Gasteiger partial charge in [0.1, 0.15) is 0 Å². The lowest BCUT2D eigenvalue weighted by Gasteiger charge is -2.07. The zero-order valence-electron chi connectivity index (χ0n) is 8.05. The van der Waals surface area contributed by atoms with Crippen LogP contribution in [-0.2, 0) is 14.3 Å². The van der Waals surface area contributed by atoms with Gasteiger partial charge < -0.3 is 10.1 Å². The Morgan fingerprint density at radius 3 is 2.60 bits per heavy atom. The Morgan fingerprint density at radius 1 is 1.40 bits per heavy atom. The van der Waals surface area contributed by atoms with Crippen LogP contribution in [0, 0.1) is 0 Å². The lowest BCUT2D eigenvalue weighted by Crippen LogP contribution is -2.28. The van der Waals surface area contributed by atoms with Crippen LogP contribution in [0.2, 0.25) is 0 Å². The predicted molar refractivity (Wildman–Crippen MR) is 63.9 cm³/mol. The van der Waals surface area contributed by atoms with E-state index in [0.29, 0.717) is 12.3 Å². The van der Waals surface area contributed by atoms with Gasteiger partial charge in [-0.3, -0.25) is 10.5 Å². The number of thiol groups is 2. The molecule has 0 spiro atoms. The molecule has 5 nitrogen and oxygen atoms in total. The largest absolute Gasteiger partial charge is 0.443 e. The van der Waals surface area contributed by atoms with Gasteiger partial charge in [0, 0.05) is 30.2 Å². The van der Waals surface area contributed by atoms with Crippen molar-refractivity contribution in [3.05, 3.63) is 12.2 Å². The Kier molecular flexibility index (Phi) is 8.25. The number of amides is 1. The molecular weight excluding hydrogens is 236 g/mol. The number of carbonyl (C=O) groups excluding carboxylic acids is 2. The number of nitrogens with two attached hydrogens (primary N) is 1. The molecule has 7 heteroatoms. The van der Waals surface area contributed by atoms with Crippen LogP contribution < -0.4 is 11.1 Å². The summed E-state index contributed by atoms with van der Waals surface area (Å²) in [6, 6.07) is 0. The van der Waals surface area contributed by atoms with Crippen molar-refractivity contribution in [1.82, 2.24) is 5.32 Å². The third-order valence-electron chi connectivity index (χ3n) is 1.23. The van der Waals surface area contributed by atoms with Crippen molar-refractivity contribution < 1.29 is 14.3 Å². The van der Waals surface area contributed by atoms with Crippen LogP contribution in [0.4, 0.5) is 0 Å². The molecule has 0 aromatic carbocycles. The zero-order valence-corrected chi connectivity index (χ0v) is 9.84. The van der Waals surface area contributed by atoms with Crippen LogP contribution in [0.1, 0.15) is 0 Å². The molecule has 0 aromatic rings. The van der Waals surface area contributed by atoms with Crippen molar-refractivity contribution in [3.63, 3.8) is 0 Å². The molecule has 0 aliphatic carbocycles. The summed E-state index contributed by atoms with van der Waals surface area (Å²) in [6.45, 7) is 0.442. The van der Waals surface area contributed by atoms with Gasteiger partial charge in [-0.15, -0.1) is 0 Å². The van der Waals surface area contributed by atoms with Gasteiger partial charge in [-0.2, -0.15) is 25.3 Å². The maximum atomic E-state index is 11.0. The topological polar surface area (TPSA) is 81.4 Å². The van der Waals surface area contributed by atoms with E-state index in [1.807, 2.05) is 0 Å². The highest BCUT2D eigenvalue weighted by Crippen LogP contribution is 1.89. The standard InChI is InChI=1S/C8H14N2O3S2/c9-6(5-15)13-8(12)2-1-7(11)10-3-4-14/h1-2,6,14-15H,3-5,9H2,(H,10,11)/b2-1-. The third kappa shape index (κ3) is 8.34. The summed E-state index contributed by atoms with van der Waals surface area (Å²) in [5.74, 6) is -0.280. The fourth-order valence-electron chi connectivity index (χ4n) is 0.608. The minimum atomic E-state index is -0.758. The van der Waals surface area contributed by atoms with Crippen LogP contribution in [0.25, 0.3) is 0 Å². The van der Waals surface area contributed by atoms with E-state index in [-0.39, 0.29) is 11.7 Å². The monoisotopic (exact) mass is 250 g/mol. The number of esters is 1. The number of carbonyl (C=O) groups is 2. The maximum Gasteiger partial charge on any atom is 0.332 e. The van der Waals surface area contributed by atoms with Gasteiger partial charge in [-0.1, -0.05) is 0 Å². The van der Waals surface area contributed by atoms with Gasteiger partial charge in [-0.05, 0) is 0 Å². The van der Waals surface area contributed by atoms with Gasteiger partial charge >= 0.3 is 5.97 Å². The first-order valence-corrected chi connectivity index (χ1v) is 5.50. The van der Waals surface area contributed by atoms with E-state index in [1.165, 1.54) is 0 Å². The van der Waals surface area contributed by atoms with Gasteiger partial charge in [0.05, 0.1) is 0 Å². The molecule has 0 radical (unpaired) electrons. The van der Waals surface area contributed by atoms with Crippen LogP contribution in [-0.4, -0.2) is 36.2 Å². The first kappa shape index (κ1) is 14.3. The van der Waals surface area contributed by atoms with Gasteiger partial charge in [0.15, 0.2) is 6.23 Å². The first-order valence-electron chi connectivity index (χ1n) is 4.24. The number of rotatable bonds is 6. The Morgan fingerprint density at radius 2 is 2.07 bits per heavy atom. The molecule has 1 atom stereocenters. The highest BCUT2D eigenvalue weighted by atomic mass is 32.1. The summed E-state index contributed by atoms with van der Waals surface area (Å²) >= 11 is 7.74. The van der Waals surface area contributed by atoms with E-state index in [0.717, 1.165) is 12.2 Å². The summed E-state index contributed by atoms with van der Waals surface area (Å²) < 4.78 is 4.63. The van der Waals surface area contributed by atoms with E-state index < -0.39 is 12.2 Å². The molecule has 3 N–H and O–H groups in total. The molecule has 15 heavy (non-hydrogen) atoms. The second kappa shape index (κ2) is 8.63. The van der Waals surface area contributed by atoms with E-state index in [9.17, 15) is 9.59 Å². The number of ether oxygens (including phenoxy) is 1. The molecule has 0 aromatic heterocycles. The Balaban J connectivity index is 3.84. The van der Waals surface area contributed by atoms with E-state index in [1.54, 1.807) is 0 Å². The first-order chi connectivity index (χ1) is 7.10. The van der Waals surface area contributed by atoms with Gasteiger partial charge in [0.25, 0.3) is 0 Å². The van der Waals surface area contributed by atoms with Crippen molar-refractivity contribution in [2.75, 3.05) is 18.1 Å². The summed E-state index contributed by atoms with van der Waals surface area (Å²) in [5.41, 5.74) is 5.30. The fourth-order valence-corrected chi connectivity index (χ4v) is 0.794. The molecule has 1 amide bonds. The summed E-state index contributed by atoms with van der Waals surface area (Å²) in [7, 11) is 0. The Bertz CT molecular complexity index is 246. The van der Waals surface area contributed by atoms with Crippen molar-refractivity contribution >= 4 is 37.1 Å². The lowest BCUT2D eigenvalue weighted by atomic mass is 10.4. The average Bonchev–Trinajstić information content (AvgIpc) is 2.23. The van der Waals surface area contributed by atoms with Crippen molar-refractivity contribution in [1.29, 1.82) is 0 Å². The van der Waals surface area contributed by atoms with Crippen LogP contribution in [0.3, 0.4) is 0 Å². The average molecular weight is 250 g/mol. The lowest BCUT2D eigenvalue weighted by molar-refractivity contribution is -0.141. The zero-order chi connectivity index (χ0) is 11.7. The minimum Gasteiger partial charge on any atom is -0.443 e. The molecule has 0 saturated carbocycles. The highest BCUT2D eigenvalue weighted by Gasteiger charge is 2.04. The minimum absolute atomic E-state index is 0.228. The molecule has 1 unspecified atom stereocenters. The van der Waals surface area contributed by atoms with Gasteiger partial charge in [-0.25, -0.2) is 4.79 Å². The number of hydrogen-bond donors (Lipinski definition) is 4. The third-order valence-corrected chi connectivity index (χ3v) is 1.81. The Labute approximate surface area is 99.2 Å². The molecule has 0 aliphatic rings. The van der Waals surface area contributed by atoms with Crippen molar-refractivity contribution in [2.24, 2.45) is 5.73 Å². The van der Waals surface area contributed by atoms with E-state index >= 15 is 0 Å². The second-order valence-corrected chi connectivity index (χ2v) is 3.32. The summed E-state index contributed by atoms with van der Waals surface area (Å²) in [5, 5.41) is 2.50. The molecule has 0 saturated heterocycles. The molecule has 0 bridgehead atoms. The van der Waals surface area contributed by atoms with Gasteiger partial charge in [0.2, 0.25) is 5.91 Å². The number of nitrogens with one attached hydrogen (secondary N) is 1. The Hall–Kier alpha value is -0.660. The van der Waals surface area contributed by atoms with Crippen LogP contribution in [0.15, 0.2) is 12.2 Å². The number of hydrogen-bond acceptors (Lipinski definition) is 6. The fraction of sp³-hybridized carbons (Fsp3) is 0.500.